The van der Waals surface area contributed by atoms with Crippen LogP contribution in [-0.2, 0) is 39.9 Å². The van der Waals surface area contributed by atoms with Gasteiger partial charge in [-0.15, -0.1) is 23.1 Å². The number of esters is 1. The molecule has 1 fully saturated rings. The molecule has 0 spiro atoms. The second-order valence-corrected chi connectivity index (χ2v) is 9.54. The largest absolute Gasteiger partial charge is 0.477 e. The number of hydrogen-bond acceptors (Lipinski definition) is 10. The number of hydrogen-bond donors (Lipinski definition) is 3. The highest BCUT2D eigenvalue weighted by Crippen LogP contribution is 2.40. The van der Waals surface area contributed by atoms with Crippen molar-refractivity contribution in [1.82, 2.24) is 15.5 Å². The first kappa shape index (κ1) is 26.2. The molecular formula is C21H23N3O9S2. The van der Waals surface area contributed by atoms with Gasteiger partial charge in [0.05, 0.1) is 19.4 Å². The Morgan fingerprint density at radius 1 is 1.17 bits per heavy atom. The van der Waals surface area contributed by atoms with Gasteiger partial charge in [0.2, 0.25) is 11.8 Å². The highest BCUT2D eigenvalue weighted by Gasteiger charge is 2.54. The van der Waals surface area contributed by atoms with Crippen LogP contribution in [0.4, 0.5) is 4.79 Å². The Morgan fingerprint density at radius 3 is 2.60 bits per heavy atom. The Hall–Kier alpha value is -3.39. The second-order valence-electron chi connectivity index (χ2n) is 7.40. The van der Waals surface area contributed by atoms with Crippen molar-refractivity contribution in [3.63, 3.8) is 0 Å². The van der Waals surface area contributed by atoms with E-state index in [2.05, 4.69) is 10.1 Å². The smallest absolute Gasteiger partial charge is 0.413 e. The maximum atomic E-state index is 12.7. The van der Waals surface area contributed by atoms with E-state index in [9.17, 15) is 33.9 Å². The van der Waals surface area contributed by atoms with Gasteiger partial charge in [-0.2, -0.15) is 0 Å². The summed E-state index contributed by atoms with van der Waals surface area (Å²) in [7, 11) is 0. The van der Waals surface area contributed by atoms with Crippen LogP contribution in [0.3, 0.4) is 0 Å². The molecule has 3 rings (SSSR count). The van der Waals surface area contributed by atoms with Crippen LogP contribution in [0.1, 0.15) is 24.6 Å². The molecule has 3 N–H and O–H groups in total. The lowest BCUT2D eigenvalue weighted by Gasteiger charge is -2.49. The van der Waals surface area contributed by atoms with Gasteiger partial charge < -0.3 is 19.9 Å². The molecule has 12 nitrogen and oxygen atoms in total. The normalized spacial score (nSPS) is 18.8. The third-order valence-electron chi connectivity index (χ3n) is 4.96. The van der Waals surface area contributed by atoms with Gasteiger partial charge in [0.25, 0.3) is 5.91 Å². The van der Waals surface area contributed by atoms with Gasteiger partial charge in [0, 0.05) is 22.6 Å². The molecule has 1 aromatic heterocycles. The first-order valence-electron chi connectivity index (χ1n) is 10.5. The molecular weight excluding hydrogens is 502 g/mol. The van der Waals surface area contributed by atoms with E-state index in [1.165, 1.54) is 23.1 Å². The molecule has 0 radical (unpaired) electrons. The van der Waals surface area contributed by atoms with E-state index in [1.807, 2.05) is 16.8 Å². The number of nitrogens with one attached hydrogen (secondary N) is 2. The lowest BCUT2D eigenvalue weighted by Crippen LogP contribution is -2.70. The lowest BCUT2D eigenvalue weighted by atomic mass is 10.0. The number of alkyl carbamates (subject to hydrolysis) is 1. The average Bonchev–Trinajstić information content (AvgIpc) is 3.32. The Balaban J connectivity index is 1.53. The quantitative estimate of drug-likeness (QED) is 0.291. The van der Waals surface area contributed by atoms with Crippen LogP contribution in [0.25, 0.3) is 0 Å². The summed E-state index contributed by atoms with van der Waals surface area (Å²) in [6, 6.07) is 2.78. The van der Waals surface area contributed by atoms with Crippen LogP contribution in [0.2, 0.25) is 0 Å². The van der Waals surface area contributed by atoms with Crippen LogP contribution >= 0.6 is 23.1 Å². The number of thioether (sulfide) groups is 1. The highest BCUT2D eigenvalue weighted by atomic mass is 32.2. The number of β-lactam (4-membered cyclic amide) rings is 1. The number of thiophene rings is 1. The molecule has 1 aromatic rings. The molecule has 35 heavy (non-hydrogen) atoms. The standard InChI is InChI=1S/C21H23N3O9S2/c1-2-32-21(31)23-13(25)5-6-15(27)33-9-11-10-35-19-16(18(28)24(19)17(11)20(29)30)22-14(26)8-12-4-3-7-34-12/h3-4,7,16,19H,2,5-6,8-10H2,1H3,(H,22,26)(H,29,30)(H,23,25,31)/t16-,19-/m1/s1. The van der Waals surface area contributed by atoms with Gasteiger partial charge in [-0.1, -0.05) is 6.07 Å². The summed E-state index contributed by atoms with van der Waals surface area (Å²) < 4.78 is 9.64. The number of aliphatic carboxylic acids is 1. The zero-order valence-electron chi connectivity index (χ0n) is 18.6. The molecule has 3 heterocycles. The fraction of sp³-hybridized carbons (Fsp3) is 0.429. The van der Waals surface area contributed by atoms with Gasteiger partial charge in [-0.05, 0) is 18.4 Å². The van der Waals surface area contributed by atoms with E-state index in [-0.39, 0.29) is 55.4 Å². The number of ether oxygens (including phenoxy) is 2. The number of carboxylic acids is 1. The SMILES string of the molecule is CCOC(=O)NC(=O)CCC(=O)OCC1=C(C(=O)O)N2C(=O)[C@@H](NC(=O)Cc3cccs3)[C@H]2SC1. The second kappa shape index (κ2) is 11.8. The number of amides is 4. The molecule has 0 aliphatic carbocycles. The van der Waals surface area contributed by atoms with Crippen molar-refractivity contribution in [1.29, 1.82) is 0 Å². The first-order chi connectivity index (χ1) is 16.7. The number of carboxylic acid groups (broad SMARTS) is 1. The minimum atomic E-state index is -1.35. The van der Waals surface area contributed by atoms with E-state index in [0.29, 0.717) is 0 Å². The van der Waals surface area contributed by atoms with E-state index in [4.69, 9.17) is 4.74 Å². The predicted octanol–water partition coefficient (Wildman–Crippen LogP) is 0.625. The van der Waals surface area contributed by atoms with Gasteiger partial charge in [0.1, 0.15) is 23.7 Å². The van der Waals surface area contributed by atoms with Gasteiger partial charge >= 0.3 is 18.0 Å². The van der Waals surface area contributed by atoms with Crippen LogP contribution in [0.15, 0.2) is 28.8 Å². The average molecular weight is 526 g/mol. The summed E-state index contributed by atoms with van der Waals surface area (Å²) >= 11 is 2.67. The zero-order chi connectivity index (χ0) is 25.5. The topological polar surface area (TPSA) is 168 Å². The number of rotatable bonds is 10. The number of fused-ring (bicyclic) bond motifs is 1. The minimum Gasteiger partial charge on any atom is -0.477 e. The molecule has 188 valence electrons. The van der Waals surface area contributed by atoms with Crippen molar-refractivity contribution >= 4 is 58.9 Å². The van der Waals surface area contributed by atoms with Crippen molar-refractivity contribution in [2.75, 3.05) is 19.0 Å². The Labute approximate surface area is 208 Å². The van der Waals surface area contributed by atoms with Crippen molar-refractivity contribution in [2.45, 2.75) is 37.6 Å². The maximum Gasteiger partial charge on any atom is 0.413 e. The molecule has 0 bridgehead atoms. The maximum absolute atomic E-state index is 12.7. The minimum absolute atomic E-state index is 0.0861. The molecule has 0 unspecified atom stereocenters. The van der Waals surface area contributed by atoms with Crippen LogP contribution in [-0.4, -0.2) is 76.1 Å². The molecule has 2 aliphatic heterocycles. The van der Waals surface area contributed by atoms with Gasteiger partial charge in [0.15, 0.2) is 0 Å². The van der Waals surface area contributed by atoms with E-state index >= 15 is 0 Å². The van der Waals surface area contributed by atoms with Crippen molar-refractivity contribution in [3.8, 4) is 0 Å². The monoisotopic (exact) mass is 525 g/mol. The summed E-state index contributed by atoms with van der Waals surface area (Å²) in [4.78, 5) is 73.5. The third-order valence-corrected chi connectivity index (χ3v) is 7.18. The number of carbonyl (C=O) groups excluding carboxylic acids is 5. The fourth-order valence-electron chi connectivity index (χ4n) is 3.39. The van der Waals surface area contributed by atoms with Gasteiger partial charge in [-0.3, -0.25) is 29.4 Å². The molecule has 2 aliphatic rings. The number of nitrogens with zero attached hydrogens (tertiary/aromatic N) is 1. The van der Waals surface area contributed by atoms with Crippen molar-refractivity contribution < 1.29 is 43.3 Å². The Kier molecular flexibility index (Phi) is 8.87. The lowest BCUT2D eigenvalue weighted by molar-refractivity contribution is -0.151. The summed E-state index contributed by atoms with van der Waals surface area (Å²) in [6.07, 6.45) is -1.45. The van der Waals surface area contributed by atoms with Crippen molar-refractivity contribution in [2.24, 2.45) is 0 Å². The van der Waals surface area contributed by atoms with Crippen LogP contribution in [0.5, 0.6) is 0 Å². The molecule has 0 aromatic carbocycles. The highest BCUT2D eigenvalue weighted by molar-refractivity contribution is 8.00. The Morgan fingerprint density at radius 2 is 1.94 bits per heavy atom. The molecule has 14 heteroatoms. The summed E-state index contributed by atoms with van der Waals surface area (Å²) in [5.74, 6) is -3.57. The van der Waals surface area contributed by atoms with Gasteiger partial charge in [-0.25, -0.2) is 9.59 Å². The summed E-state index contributed by atoms with van der Waals surface area (Å²) in [5.41, 5.74) is -0.0600. The molecule has 1 saturated heterocycles. The predicted molar refractivity (Wildman–Crippen MR) is 123 cm³/mol. The fourth-order valence-corrected chi connectivity index (χ4v) is 5.42. The first-order valence-corrected chi connectivity index (χ1v) is 12.5. The zero-order valence-corrected chi connectivity index (χ0v) is 20.2. The van der Waals surface area contributed by atoms with Crippen LogP contribution in [0, 0.1) is 0 Å². The molecule has 0 saturated carbocycles. The van der Waals surface area contributed by atoms with E-state index < -0.39 is 41.3 Å². The summed E-state index contributed by atoms with van der Waals surface area (Å²) in [5, 5.41) is 15.5. The Bertz CT molecular complexity index is 1050. The number of imide groups is 1. The van der Waals surface area contributed by atoms with E-state index in [1.54, 1.807) is 13.0 Å². The van der Waals surface area contributed by atoms with Crippen molar-refractivity contribution in [3.05, 3.63) is 33.7 Å². The summed E-state index contributed by atoms with van der Waals surface area (Å²) in [6.45, 7) is 1.28. The molecule has 2 atom stereocenters. The molecule has 4 amide bonds. The third kappa shape index (κ3) is 6.60. The van der Waals surface area contributed by atoms with Crippen LogP contribution < -0.4 is 10.6 Å². The van der Waals surface area contributed by atoms with E-state index in [0.717, 1.165) is 9.78 Å². The number of carbonyl (C=O) groups is 6.